The maximum Gasteiger partial charge on any atom is 0.314 e. The first-order valence-corrected chi connectivity index (χ1v) is 13.0. The first kappa shape index (κ1) is 25.9. The van der Waals surface area contributed by atoms with Gasteiger partial charge in [-0.15, -0.1) is 0 Å². The van der Waals surface area contributed by atoms with Crippen molar-refractivity contribution in [2.75, 3.05) is 0 Å². The molecular formula is C30H38FNO2. The van der Waals surface area contributed by atoms with Gasteiger partial charge in [0.05, 0.1) is 11.0 Å². The van der Waals surface area contributed by atoms with Crippen LogP contribution in [0.3, 0.4) is 0 Å². The number of hydrogen-bond acceptors (Lipinski definition) is 2. The van der Waals surface area contributed by atoms with Gasteiger partial charge in [0, 0.05) is 0 Å². The zero-order valence-electron chi connectivity index (χ0n) is 20.5. The summed E-state index contributed by atoms with van der Waals surface area (Å²) in [5.41, 5.74) is 1.53. The van der Waals surface area contributed by atoms with Gasteiger partial charge >= 0.3 is 5.97 Å². The first-order chi connectivity index (χ1) is 16.5. The second kappa shape index (κ2) is 12.7. The average molecular weight is 464 g/mol. The van der Waals surface area contributed by atoms with Crippen molar-refractivity contribution in [2.45, 2.75) is 95.8 Å². The maximum atomic E-state index is 14.0. The molecule has 1 saturated carbocycles. The molecule has 0 aliphatic heterocycles. The fourth-order valence-electron chi connectivity index (χ4n) is 5.42. The molecule has 0 spiro atoms. The normalized spacial score (nSPS) is 20.1. The number of nitriles is 1. The van der Waals surface area contributed by atoms with E-state index in [1.807, 2.05) is 30.3 Å². The quantitative estimate of drug-likeness (QED) is 0.321. The van der Waals surface area contributed by atoms with Crippen molar-refractivity contribution >= 4 is 5.97 Å². The van der Waals surface area contributed by atoms with E-state index in [1.54, 1.807) is 6.07 Å². The van der Waals surface area contributed by atoms with E-state index in [2.05, 4.69) is 6.92 Å². The van der Waals surface area contributed by atoms with Crippen molar-refractivity contribution in [1.82, 2.24) is 0 Å². The summed E-state index contributed by atoms with van der Waals surface area (Å²) < 4.78 is 14.0. The lowest BCUT2D eigenvalue weighted by Gasteiger charge is -2.37. The Bertz CT molecular complexity index is 968. The summed E-state index contributed by atoms with van der Waals surface area (Å²) in [6, 6.07) is 13.9. The fourth-order valence-corrected chi connectivity index (χ4v) is 5.42. The number of carboxylic acid groups (broad SMARTS) is 1. The molecule has 34 heavy (non-hydrogen) atoms. The third kappa shape index (κ3) is 6.47. The third-order valence-corrected chi connectivity index (χ3v) is 7.69. The molecule has 1 aliphatic carbocycles. The number of rotatable bonds is 12. The number of hydrogen-bond donors (Lipinski definition) is 1. The summed E-state index contributed by atoms with van der Waals surface area (Å²) in [5.74, 6) is -0.649. The lowest BCUT2D eigenvalue weighted by Crippen LogP contribution is -2.39. The number of carbonyl (C=O) groups is 1. The molecule has 0 atom stereocenters. The van der Waals surface area contributed by atoms with E-state index in [0.717, 1.165) is 24.0 Å². The minimum Gasteiger partial charge on any atom is -0.481 e. The topological polar surface area (TPSA) is 61.1 Å². The Kier molecular flexibility index (Phi) is 9.69. The molecule has 0 saturated heterocycles. The second-order valence-corrected chi connectivity index (χ2v) is 9.98. The Morgan fingerprint density at radius 1 is 0.971 bits per heavy atom. The van der Waals surface area contributed by atoms with E-state index >= 15 is 0 Å². The molecule has 0 bridgehead atoms. The van der Waals surface area contributed by atoms with E-state index in [1.165, 1.54) is 69.9 Å². The highest BCUT2D eigenvalue weighted by molar-refractivity contribution is 5.82. The van der Waals surface area contributed by atoms with Crippen molar-refractivity contribution in [3.8, 4) is 17.2 Å². The van der Waals surface area contributed by atoms with Crippen LogP contribution in [0.25, 0.3) is 11.1 Å². The molecule has 0 heterocycles. The molecule has 1 N–H and O–H groups in total. The first-order valence-electron chi connectivity index (χ1n) is 13.0. The fraction of sp³-hybridized carbons (Fsp3) is 0.533. The van der Waals surface area contributed by atoms with Crippen molar-refractivity contribution < 1.29 is 14.3 Å². The third-order valence-electron chi connectivity index (χ3n) is 7.69. The molecule has 1 aliphatic rings. The van der Waals surface area contributed by atoms with Crippen LogP contribution in [0.2, 0.25) is 0 Å². The maximum absolute atomic E-state index is 14.0. The molecule has 1 fully saturated rings. The van der Waals surface area contributed by atoms with Crippen LogP contribution in [0.15, 0.2) is 42.5 Å². The summed E-state index contributed by atoms with van der Waals surface area (Å²) in [6.45, 7) is 2.25. The Morgan fingerprint density at radius 2 is 1.56 bits per heavy atom. The smallest absolute Gasteiger partial charge is 0.314 e. The van der Waals surface area contributed by atoms with Gasteiger partial charge in [-0.3, -0.25) is 4.79 Å². The van der Waals surface area contributed by atoms with Gasteiger partial charge in [-0.05, 0) is 60.4 Å². The molecule has 3 nitrogen and oxygen atoms in total. The van der Waals surface area contributed by atoms with Crippen LogP contribution in [0.1, 0.15) is 102 Å². The van der Waals surface area contributed by atoms with Crippen molar-refractivity contribution in [2.24, 2.45) is 5.92 Å². The Morgan fingerprint density at radius 3 is 2.12 bits per heavy atom. The van der Waals surface area contributed by atoms with E-state index in [0.29, 0.717) is 24.3 Å². The molecule has 4 heteroatoms. The second-order valence-electron chi connectivity index (χ2n) is 9.98. The van der Waals surface area contributed by atoms with Gasteiger partial charge in [0.1, 0.15) is 11.9 Å². The highest BCUT2D eigenvalue weighted by atomic mass is 19.1. The number of nitrogens with zero attached hydrogens (tertiary/aromatic N) is 1. The van der Waals surface area contributed by atoms with E-state index in [-0.39, 0.29) is 5.56 Å². The van der Waals surface area contributed by atoms with Crippen LogP contribution in [0, 0.1) is 23.1 Å². The number of unbranched alkanes of at least 4 members (excludes halogenated alkanes) is 7. The predicted octanol–water partition coefficient (Wildman–Crippen LogP) is 8.41. The zero-order valence-corrected chi connectivity index (χ0v) is 20.5. The standard InChI is InChI=1S/C30H38FNO2/c1-2-3-4-5-6-7-8-9-10-23-17-19-30(20-18-23,29(33)34)27-15-13-24(14-16-27)25-11-12-26(22-32)28(31)21-25/h11-16,21,23H,2-10,17-20H2,1H3,(H,33,34). The van der Waals surface area contributed by atoms with Gasteiger partial charge in [0.25, 0.3) is 0 Å². The highest BCUT2D eigenvalue weighted by Crippen LogP contribution is 2.43. The summed E-state index contributed by atoms with van der Waals surface area (Å²) in [7, 11) is 0. The van der Waals surface area contributed by atoms with Gasteiger partial charge < -0.3 is 5.11 Å². The van der Waals surface area contributed by atoms with E-state index in [9.17, 15) is 14.3 Å². The van der Waals surface area contributed by atoms with Gasteiger partial charge in [0.2, 0.25) is 0 Å². The summed E-state index contributed by atoms with van der Waals surface area (Å²) in [5, 5.41) is 19.1. The van der Waals surface area contributed by atoms with Crippen LogP contribution in [0.4, 0.5) is 4.39 Å². The molecule has 0 amide bonds. The Labute approximate surface area is 204 Å². The van der Waals surface area contributed by atoms with Crippen molar-refractivity contribution in [3.63, 3.8) is 0 Å². The molecule has 3 rings (SSSR count). The zero-order chi connectivity index (χ0) is 24.4. The lowest BCUT2D eigenvalue weighted by molar-refractivity contribution is -0.145. The summed E-state index contributed by atoms with van der Waals surface area (Å²) >= 11 is 0. The largest absolute Gasteiger partial charge is 0.481 e. The molecule has 2 aromatic rings. The summed E-state index contributed by atoms with van der Waals surface area (Å²) in [4.78, 5) is 12.4. The van der Waals surface area contributed by atoms with Gasteiger partial charge in [0.15, 0.2) is 0 Å². The van der Waals surface area contributed by atoms with E-state index < -0.39 is 17.2 Å². The van der Waals surface area contributed by atoms with Crippen molar-refractivity contribution in [3.05, 3.63) is 59.4 Å². The van der Waals surface area contributed by atoms with Gasteiger partial charge in [-0.2, -0.15) is 5.26 Å². The minimum absolute atomic E-state index is 0.0222. The molecule has 0 unspecified atom stereocenters. The Balaban J connectivity index is 1.54. The van der Waals surface area contributed by atoms with Gasteiger partial charge in [-0.25, -0.2) is 4.39 Å². The number of carboxylic acids is 1. The SMILES string of the molecule is CCCCCCCCCCC1CCC(C(=O)O)(c2ccc(-c3ccc(C#N)c(F)c3)cc2)CC1. The number of aliphatic carboxylic acids is 1. The molecule has 0 aromatic heterocycles. The number of benzene rings is 2. The highest BCUT2D eigenvalue weighted by Gasteiger charge is 2.43. The Hall–Kier alpha value is -2.67. The average Bonchev–Trinajstić information content (AvgIpc) is 2.86. The van der Waals surface area contributed by atoms with Crippen LogP contribution in [-0.4, -0.2) is 11.1 Å². The van der Waals surface area contributed by atoms with E-state index in [4.69, 9.17) is 5.26 Å². The monoisotopic (exact) mass is 463 g/mol. The van der Waals surface area contributed by atoms with Crippen LogP contribution in [-0.2, 0) is 10.2 Å². The number of halogens is 1. The lowest BCUT2D eigenvalue weighted by atomic mass is 9.66. The van der Waals surface area contributed by atoms with Crippen LogP contribution in [0.5, 0.6) is 0 Å². The predicted molar refractivity (Wildman–Crippen MR) is 135 cm³/mol. The molecular weight excluding hydrogens is 425 g/mol. The summed E-state index contributed by atoms with van der Waals surface area (Å²) in [6.07, 6.45) is 15.1. The molecule has 0 radical (unpaired) electrons. The molecule has 2 aromatic carbocycles. The van der Waals surface area contributed by atoms with Crippen LogP contribution < -0.4 is 0 Å². The van der Waals surface area contributed by atoms with Crippen LogP contribution >= 0.6 is 0 Å². The minimum atomic E-state index is -0.829. The molecule has 182 valence electrons. The van der Waals surface area contributed by atoms with Crippen molar-refractivity contribution in [1.29, 1.82) is 5.26 Å². The van der Waals surface area contributed by atoms with Gasteiger partial charge in [-0.1, -0.05) is 95.0 Å².